The Balaban J connectivity index is 2.47. The fourth-order valence-corrected chi connectivity index (χ4v) is 1.49. The number of rotatable bonds is 1. The molecule has 0 saturated carbocycles. The molecule has 1 aromatic carbocycles. The molecule has 3 heteroatoms. The minimum absolute atomic E-state index is 0.334. The highest BCUT2D eigenvalue weighted by atomic mass is 16.5. The third-order valence-electron chi connectivity index (χ3n) is 2.12. The van der Waals surface area contributed by atoms with E-state index in [0.29, 0.717) is 17.9 Å². The Morgan fingerprint density at radius 2 is 2.38 bits per heavy atom. The van der Waals surface area contributed by atoms with Crippen molar-refractivity contribution in [2.24, 2.45) is 0 Å². The van der Waals surface area contributed by atoms with Crippen LogP contribution in [-0.4, -0.2) is 19.7 Å². The van der Waals surface area contributed by atoms with Crippen molar-refractivity contribution in [3.8, 4) is 5.75 Å². The number of benzene rings is 1. The molecule has 3 nitrogen and oxygen atoms in total. The van der Waals surface area contributed by atoms with Crippen molar-refractivity contribution < 1.29 is 14.3 Å². The number of hydrogen-bond acceptors (Lipinski definition) is 3. The lowest BCUT2D eigenvalue weighted by Crippen LogP contribution is -2.03. The number of methoxy groups -OCH3 is 1. The van der Waals surface area contributed by atoms with Crippen LogP contribution in [0.3, 0.4) is 0 Å². The maximum absolute atomic E-state index is 11.3. The van der Waals surface area contributed by atoms with Crippen molar-refractivity contribution in [3.63, 3.8) is 0 Å². The second-order valence-electron chi connectivity index (χ2n) is 2.88. The quantitative estimate of drug-likeness (QED) is 0.610. The van der Waals surface area contributed by atoms with Gasteiger partial charge in [-0.15, -0.1) is 0 Å². The first kappa shape index (κ1) is 8.10. The molecule has 0 atom stereocenters. The van der Waals surface area contributed by atoms with Crippen LogP contribution in [0.5, 0.6) is 5.75 Å². The van der Waals surface area contributed by atoms with E-state index in [1.807, 2.05) is 12.1 Å². The molecule has 13 heavy (non-hydrogen) atoms. The molecule has 1 aliphatic heterocycles. The molecule has 0 bridgehead atoms. The van der Waals surface area contributed by atoms with Crippen LogP contribution < -0.4 is 4.74 Å². The SMILES string of the molecule is COC(=O)c1cccc2c1OCC2. The van der Waals surface area contributed by atoms with Gasteiger partial charge in [0.2, 0.25) is 0 Å². The molecule has 0 saturated heterocycles. The zero-order valence-corrected chi connectivity index (χ0v) is 7.37. The molecule has 0 aliphatic carbocycles. The van der Waals surface area contributed by atoms with Crippen LogP contribution in [0.25, 0.3) is 0 Å². The van der Waals surface area contributed by atoms with Crippen LogP contribution >= 0.6 is 0 Å². The Kier molecular flexibility index (Phi) is 1.93. The molecule has 0 N–H and O–H groups in total. The standard InChI is InChI=1S/C10H10O3/c1-12-10(11)8-4-2-3-7-5-6-13-9(7)8/h2-4H,5-6H2,1H3. The highest BCUT2D eigenvalue weighted by Crippen LogP contribution is 2.29. The van der Waals surface area contributed by atoms with E-state index < -0.39 is 0 Å². The minimum Gasteiger partial charge on any atom is -0.492 e. The summed E-state index contributed by atoms with van der Waals surface area (Å²) in [5.41, 5.74) is 1.61. The van der Waals surface area contributed by atoms with Gasteiger partial charge in [-0.25, -0.2) is 4.79 Å². The summed E-state index contributed by atoms with van der Waals surface area (Å²) in [6.45, 7) is 0.656. The van der Waals surface area contributed by atoms with Crippen LogP contribution in [-0.2, 0) is 11.2 Å². The molecule has 2 rings (SSSR count). The number of hydrogen-bond donors (Lipinski definition) is 0. The van der Waals surface area contributed by atoms with E-state index in [-0.39, 0.29) is 5.97 Å². The van der Waals surface area contributed by atoms with Gasteiger partial charge in [0, 0.05) is 6.42 Å². The summed E-state index contributed by atoms with van der Waals surface area (Å²) in [5, 5.41) is 0. The van der Waals surface area contributed by atoms with Crippen molar-refractivity contribution in [1.82, 2.24) is 0 Å². The largest absolute Gasteiger partial charge is 0.492 e. The molecule has 0 amide bonds. The van der Waals surface area contributed by atoms with Gasteiger partial charge in [-0.1, -0.05) is 12.1 Å². The van der Waals surface area contributed by atoms with Crippen LogP contribution in [0.2, 0.25) is 0 Å². The lowest BCUT2D eigenvalue weighted by Gasteiger charge is -2.04. The van der Waals surface area contributed by atoms with Crippen LogP contribution in [0.4, 0.5) is 0 Å². The van der Waals surface area contributed by atoms with Gasteiger partial charge >= 0.3 is 5.97 Å². The highest BCUT2D eigenvalue weighted by Gasteiger charge is 2.20. The van der Waals surface area contributed by atoms with Crippen molar-refractivity contribution in [2.45, 2.75) is 6.42 Å². The van der Waals surface area contributed by atoms with Crippen molar-refractivity contribution >= 4 is 5.97 Å². The van der Waals surface area contributed by atoms with Crippen LogP contribution in [0.15, 0.2) is 18.2 Å². The molecule has 0 aromatic heterocycles. The highest BCUT2D eigenvalue weighted by molar-refractivity contribution is 5.93. The fourth-order valence-electron chi connectivity index (χ4n) is 1.49. The fraction of sp³-hybridized carbons (Fsp3) is 0.300. The first-order valence-corrected chi connectivity index (χ1v) is 4.16. The van der Waals surface area contributed by atoms with Gasteiger partial charge in [-0.05, 0) is 11.6 Å². The summed E-state index contributed by atoms with van der Waals surface area (Å²) in [5.74, 6) is 0.355. The summed E-state index contributed by atoms with van der Waals surface area (Å²) >= 11 is 0. The molecule has 1 heterocycles. The molecule has 0 fully saturated rings. The molecule has 0 unspecified atom stereocenters. The third-order valence-corrected chi connectivity index (χ3v) is 2.12. The smallest absolute Gasteiger partial charge is 0.341 e. The summed E-state index contributed by atoms with van der Waals surface area (Å²) in [4.78, 5) is 11.3. The van der Waals surface area contributed by atoms with Gasteiger partial charge in [-0.2, -0.15) is 0 Å². The van der Waals surface area contributed by atoms with E-state index >= 15 is 0 Å². The molecular weight excluding hydrogens is 168 g/mol. The first-order valence-electron chi connectivity index (χ1n) is 4.16. The Hall–Kier alpha value is -1.51. The predicted molar refractivity (Wildman–Crippen MR) is 47.0 cm³/mol. The van der Waals surface area contributed by atoms with Crippen LogP contribution in [0, 0.1) is 0 Å². The lowest BCUT2D eigenvalue weighted by molar-refractivity contribution is 0.0597. The maximum Gasteiger partial charge on any atom is 0.341 e. The lowest BCUT2D eigenvalue weighted by atomic mass is 10.1. The summed E-state index contributed by atoms with van der Waals surface area (Å²) in [6.07, 6.45) is 0.875. The Bertz CT molecular complexity index is 344. The van der Waals surface area contributed by atoms with Crippen molar-refractivity contribution in [1.29, 1.82) is 0 Å². The minimum atomic E-state index is -0.334. The molecule has 68 valence electrons. The zero-order chi connectivity index (χ0) is 9.26. The van der Waals surface area contributed by atoms with E-state index in [0.717, 1.165) is 12.0 Å². The van der Waals surface area contributed by atoms with Crippen molar-refractivity contribution in [2.75, 3.05) is 13.7 Å². The van der Waals surface area contributed by atoms with Crippen LogP contribution in [0.1, 0.15) is 15.9 Å². The van der Waals surface area contributed by atoms with Crippen molar-refractivity contribution in [3.05, 3.63) is 29.3 Å². The van der Waals surface area contributed by atoms with E-state index in [4.69, 9.17) is 4.74 Å². The summed E-state index contributed by atoms with van der Waals surface area (Å²) in [7, 11) is 1.37. The second kappa shape index (κ2) is 3.09. The monoisotopic (exact) mass is 178 g/mol. The maximum atomic E-state index is 11.3. The topological polar surface area (TPSA) is 35.5 Å². The number of ether oxygens (including phenoxy) is 2. The first-order chi connectivity index (χ1) is 6.33. The molecule has 0 radical (unpaired) electrons. The average molecular weight is 178 g/mol. The normalized spacial score (nSPS) is 13.3. The Morgan fingerprint density at radius 1 is 1.54 bits per heavy atom. The number of para-hydroxylation sites is 1. The van der Waals surface area contributed by atoms with E-state index in [9.17, 15) is 4.79 Å². The number of esters is 1. The second-order valence-corrected chi connectivity index (χ2v) is 2.88. The van der Waals surface area contributed by atoms with E-state index in [1.54, 1.807) is 6.07 Å². The zero-order valence-electron chi connectivity index (χ0n) is 7.37. The number of carbonyl (C=O) groups is 1. The summed E-state index contributed by atoms with van der Waals surface area (Å²) < 4.78 is 9.99. The molecule has 0 spiro atoms. The van der Waals surface area contributed by atoms with E-state index in [2.05, 4.69) is 4.74 Å². The van der Waals surface area contributed by atoms with Gasteiger partial charge in [0.05, 0.1) is 13.7 Å². The van der Waals surface area contributed by atoms with Gasteiger partial charge < -0.3 is 9.47 Å². The molecular formula is C10H10O3. The molecule has 1 aromatic rings. The van der Waals surface area contributed by atoms with Gasteiger partial charge in [0.25, 0.3) is 0 Å². The summed E-state index contributed by atoms with van der Waals surface area (Å²) in [6, 6.07) is 5.53. The van der Waals surface area contributed by atoms with Gasteiger partial charge in [-0.3, -0.25) is 0 Å². The molecule has 1 aliphatic rings. The average Bonchev–Trinajstić information content (AvgIpc) is 2.63. The predicted octanol–water partition coefficient (Wildman–Crippen LogP) is 1.41. The van der Waals surface area contributed by atoms with E-state index in [1.165, 1.54) is 7.11 Å². The van der Waals surface area contributed by atoms with Gasteiger partial charge in [0.15, 0.2) is 0 Å². The number of carbonyl (C=O) groups excluding carboxylic acids is 1. The number of fused-ring (bicyclic) bond motifs is 1. The Morgan fingerprint density at radius 3 is 3.15 bits per heavy atom. The third kappa shape index (κ3) is 1.26. The Labute approximate surface area is 76.3 Å². The van der Waals surface area contributed by atoms with Gasteiger partial charge in [0.1, 0.15) is 11.3 Å².